The average Bonchev–Trinajstić information content (AvgIpc) is 3.22. The Labute approximate surface area is 156 Å². The molecule has 2 aliphatic rings. The molecule has 0 aliphatic carbocycles. The highest BCUT2D eigenvalue weighted by Crippen LogP contribution is 2.45. The van der Waals surface area contributed by atoms with Crippen molar-refractivity contribution in [3.05, 3.63) is 71.3 Å². The van der Waals surface area contributed by atoms with Crippen LogP contribution in [0.5, 0.6) is 0 Å². The molecule has 0 aromatic heterocycles. The number of nitrogens with zero attached hydrogens (tertiary/aromatic N) is 2. The van der Waals surface area contributed by atoms with Gasteiger partial charge in [-0.2, -0.15) is 0 Å². The molecule has 0 radical (unpaired) electrons. The number of halogens is 2. The van der Waals surface area contributed by atoms with E-state index in [1.165, 1.54) is 12.1 Å². The van der Waals surface area contributed by atoms with Crippen LogP contribution in [0, 0.1) is 23.5 Å². The highest BCUT2D eigenvalue weighted by Gasteiger charge is 2.49. The van der Waals surface area contributed by atoms with Crippen LogP contribution >= 0.6 is 0 Å². The Kier molecular flexibility index (Phi) is 4.42. The van der Waals surface area contributed by atoms with E-state index >= 15 is 0 Å². The fraction of sp³-hybridized carbons (Fsp3) is 0.333. The SMILES string of the molecule is CC(=O)N1C[C@H]2CN(C(=O)c3cccc(F)c3F)C[C@H]2[C@H]1c1ccccc1. The summed E-state index contributed by atoms with van der Waals surface area (Å²) in [5, 5.41) is 0. The summed E-state index contributed by atoms with van der Waals surface area (Å²) >= 11 is 0. The molecule has 3 atom stereocenters. The van der Waals surface area contributed by atoms with Gasteiger partial charge in [-0.15, -0.1) is 0 Å². The Morgan fingerprint density at radius 2 is 1.70 bits per heavy atom. The topological polar surface area (TPSA) is 40.6 Å². The maximum Gasteiger partial charge on any atom is 0.256 e. The second-order valence-electron chi connectivity index (χ2n) is 7.26. The van der Waals surface area contributed by atoms with Crippen LogP contribution < -0.4 is 0 Å². The Bertz CT molecular complexity index is 887. The van der Waals surface area contributed by atoms with Gasteiger partial charge in [-0.25, -0.2) is 8.78 Å². The normalized spacial score (nSPS) is 24.2. The van der Waals surface area contributed by atoms with Gasteiger partial charge in [-0.1, -0.05) is 36.4 Å². The zero-order valence-corrected chi connectivity index (χ0v) is 14.9. The minimum atomic E-state index is -1.11. The second kappa shape index (κ2) is 6.76. The third kappa shape index (κ3) is 2.99. The van der Waals surface area contributed by atoms with E-state index < -0.39 is 17.5 Å². The lowest BCUT2D eigenvalue weighted by atomic mass is 9.89. The van der Waals surface area contributed by atoms with Gasteiger partial charge in [-0.3, -0.25) is 9.59 Å². The van der Waals surface area contributed by atoms with Crippen LogP contribution in [0.1, 0.15) is 28.9 Å². The summed E-state index contributed by atoms with van der Waals surface area (Å²) < 4.78 is 27.5. The van der Waals surface area contributed by atoms with Gasteiger partial charge in [0.05, 0.1) is 11.6 Å². The van der Waals surface area contributed by atoms with Crippen molar-refractivity contribution in [2.45, 2.75) is 13.0 Å². The van der Waals surface area contributed by atoms with E-state index in [1.54, 1.807) is 11.8 Å². The van der Waals surface area contributed by atoms with E-state index in [0.717, 1.165) is 11.6 Å². The Morgan fingerprint density at radius 3 is 2.41 bits per heavy atom. The van der Waals surface area contributed by atoms with Crippen LogP contribution in [-0.4, -0.2) is 41.2 Å². The van der Waals surface area contributed by atoms with Crippen molar-refractivity contribution < 1.29 is 18.4 Å². The Balaban J connectivity index is 1.60. The lowest BCUT2D eigenvalue weighted by Crippen LogP contribution is -2.36. The first-order valence-electron chi connectivity index (χ1n) is 9.03. The van der Waals surface area contributed by atoms with E-state index in [2.05, 4.69) is 0 Å². The van der Waals surface area contributed by atoms with Crippen LogP contribution in [0.3, 0.4) is 0 Å². The van der Waals surface area contributed by atoms with E-state index in [1.807, 2.05) is 35.2 Å². The molecule has 2 heterocycles. The molecule has 2 aliphatic heterocycles. The minimum absolute atomic E-state index is 0.00676. The zero-order chi connectivity index (χ0) is 19.1. The number of fused-ring (bicyclic) bond motifs is 1. The summed E-state index contributed by atoms with van der Waals surface area (Å²) in [5.74, 6) is -2.42. The predicted octanol–water partition coefficient (Wildman–Crippen LogP) is 3.26. The van der Waals surface area contributed by atoms with Crippen molar-refractivity contribution in [1.82, 2.24) is 9.80 Å². The molecule has 0 bridgehead atoms. The summed E-state index contributed by atoms with van der Waals surface area (Å²) in [7, 11) is 0. The van der Waals surface area contributed by atoms with Crippen LogP contribution in [0.4, 0.5) is 8.78 Å². The number of likely N-dealkylation sites (tertiary alicyclic amines) is 2. The first kappa shape index (κ1) is 17.6. The summed E-state index contributed by atoms with van der Waals surface area (Å²) in [6.45, 7) is 2.98. The molecule has 0 spiro atoms. The maximum atomic E-state index is 14.0. The number of rotatable bonds is 2. The van der Waals surface area contributed by atoms with Gasteiger partial charge >= 0.3 is 0 Å². The highest BCUT2D eigenvalue weighted by molar-refractivity contribution is 5.94. The average molecular weight is 370 g/mol. The molecule has 2 fully saturated rings. The molecule has 140 valence electrons. The molecule has 6 heteroatoms. The first-order chi connectivity index (χ1) is 13.0. The van der Waals surface area contributed by atoms with Gasteiger partial charge in [0.2, 0.25) is 5.91 Å². The molecule has 0 saturated carbocycles. The van der Waals surface area contributed by atoms with Crippen molar-refractivity contribution >= 4 is 11.8 Å². The first-order valence-corrected chi connectivity index (χ1v) is 9.03. The summed E-state index contributed by atoms with van der Waals surface area (Å²) in [5.41, 5.74) is 0.793. The number of amides is 2. The third-order valence-electron chi connectivity index (χ3n) is 5.68. The van der Waals surface area contributed by atoms with Gasteiger partial charge in [0.15, 0.2) is 11.6 Å². The molecular formula is C21H20F2N2O2. The Hall–Kier alpha value is -2.76. The number of carbonyl (C=O) groups is 2. The monoisotopic (exact) mass is 370 g/mol. The standard InChI is InChI=1S/C21H20F2N2O2/c1-13(26)25-11-15-10-24(21(27)16-8-5-9-18(22)19(16)23)12-17(15)20(25)14-6-3-2-4-7-14/h2-9,15,17,20H,10-12H2,1H3/t15-,17-,20-/m1/s1. The predicted molar refractivity (Wildman–Crippen MR) is 95.8 cm³/mol. The number of benzene rings is 2. The van der Waals surface area contributed by atoms with Gasteiger partial charge in [0.1, 0.15) is 0 Å². The summed E-state index contributed by atoms with van der Waals surface area (Å²) in [6, 6.07) is 13.3. The van der Waals surface area contributed by atoms with Crippen molar-refractivity contribution in [2.24, 2.45) is 11.8 Å². The maximum absolute atomic E-state index is 14.0. The van der Waals surface area contributed by atoms with Gasteiger partial charge < -0.3 is 9.80 Å². The lowest BCUT2D eigenvalue weighted by molar-refractivity contribution is -0.130. The summed E-state index contributed by atoms with van der Waals surface area (Å²) in [6.07, 6.45) is 0. The largest absolute Gasteiger partial charge is 0.338 e. The molecule has 4 nitrogen and oxygen atoms in total. The fourth-order valence-corrected chi connectivity index (χ4v) is 4.45. The van der Waals surface area contributed by atoms with E-state index in [0.29, 0.717) is 19.6 Å². The second-order valence-corrected chi connectivity index (χ2v) is 7.26. The van der Waals surface area contributed by atoms with E-state index in [-0.39, 0.29) is 29.3 Å². The summed E-state index contributed by atoms with van der Waals surface area (Å²) in [4.78, 5) is 28.3. The van der Waals surface area contributed by atoms with Gasteiger partial charge in [0.25, 0.3) is 5.91 Å². The molecule has 0 N–H and O–H groups in total. The van der Waals surface area contributed by atoms with Crippen molar-refractivity contribution in [3.63, 3.8) is 0 Å². The van der Waals surface area contributed by atoms with E-state index in [9.17, 15) is 18.4 Å². The molecule has 0 unspecified atom stereocenters. The molecular weight excluding hydrogens is 350 g/mol. The fourth-order valence-electron chi connectivity index (χ4n) is 4.45. The molecule has 2 aromatic rings. The smallest absolute Gasteiger partial charge is 0.256 e. The van der Waals surface area contributed by atoms with Crippen LogP contribution in [0.2, 0.25) is 0 Å². The van der Waals surface area contributed by atoms with Crippen molar-refractivity contribution in [1.29, 1.82) is 0 Å². The minimum Gasteiger partial charge on any atom is -0.338 e. The molecule has 2 saturated heterocycles. The number of hydrogen-bond donors (Lipinski definition) is 0. The quantitative estimate of drug-likeness (QED) is 0.814. The number of hydrogen-bond acceptors (Lipinski definition) is 2. The zero-order valence-electron chi connectivity index (χ0n) is 14.9. The van der Waals surface area contributed by atoms with E-state index in [4.69, 9.17) is 0 Å². The molecule has 2 amide bonds. The molecule has 4 rings (SSSR count). The van der Waals surface area contributed by atoms with Crippen LogP contribution in [-0.2, 0) is 4.79 Å². The van der Waals surface area contributed by atoms with Gasteiger partial charge in [-0.05, 0) is 17.7 Å². The number of carbonyl (C=O) groups excluding carboxylic acids is 2. The molecule has 27 heavy (non-hydrogen) atoms. The third-order valence-corrected chi connectivity index (χ3v) is 5.68. The highest BCUT2D eigenvalue weighted by atomic mass is 19.2. The lowest BCUT2D eigenvalue weighted by Gasteiger charge is -2.29. The van der Waals surface area contributed by atoms with Crippen molar-refractivity contribution in [2.75, 3.05) is 19.6 Å². The van der Waals surface area contributed by atoms with Crippen LogP contribution in [0.15, 0.2) is 48.5 Å². The Morgan fingerprint density at radius 1 is 0.963 bits per heavy atom. The van der Waals surface area contributed by atoms with Crippen LogP contribution in [0.25, 0.3) is 0 Å². The van der Waals surface area contributed by atoms with Crippen molar-refractivity contribution in [3.8, 4) is 0 Å². The van der Waals surface area contributed by atoms with Gasteiger partial charge in [0, 0.05) is 38.4 Å². The molecule has 2 aromatic carbocycles.